The molecule has 0 radical (unpaired) electrons. The van der Waals surface area contributed by atoms with E-state index in [1.165, 1.54) is 0 Å². The third-order valence-electron chi connectivity index (χ3n) is 4.06. The maximum atomic E-state index is 12.6. The number of para-hydroxylation sites is 1. The van der Waals surface area contributed by atoms with E-state index in [1.54, 1.807) is 30.3 Å². The zero-order valence-corrected chi connectivity index (χ0v) is 16.8. The molecule has 0 saturated carbocycles. The molecule has 15 heteroatoms. The molecule has 0 bridgehead atoms. The minimum Gasteiger partial charge on any atom is -0.484 e. The molecule has 1 aromatic carbocycles. The first kappa shape index (κ1) is 22.7. The average Bonchev–Trinajstić information content (AvgIpc) is 2.69. The predicted octanol–water partition coefficient (Wildman–Crippen LogP) is 0.628. The fourth-order valence-electron chi connectivity index (χ4n) is 2.72. The summed E-state index contributed by atoms with van der Waals surface area (Å²) in [7, 11) is -6.12. The second-order valence-electron chi connectivity index (χ2n) is 6.12. The molecule has 2 aliphatic rings. The number of carbonyl (C=O) groups is 3. The van der Waals surface area contributed by atoms with Crippen molar-refractivity contribution >= 4 is 39.7 Å². The SMILES string of the molecule is O=C(COc1ccccc1)N[C@@H]1C(=O)N2C(C(=O)O)=C(OS(=O)(=O)C(F)(F)F)CS[C@H]12. The van der Waals surface area contributed by atoms with Gasteiger partial charge >= 0.3 is 21.6 Å². The highest BCUT2D eigenvalue weighted by atomic mass is 32.2. The first-order valence-corrected chi connectivity index (χ1v) is 10.8. The van der Waals surface area contributed by atoms with Crippen LogP contribution in [-0.4, -0.2) is 65.5 Å². The van der Waals surface area contributed by atoms with Gasteiger partial charge in [-0.3, -0.25) is 14.5 Å². The van der Waals surface area contributed by atoms with Crippen LogP contribution >= 0.6 is 11.8 Å². The Morgan fingerprint density at radius 1 is 1.26 bits per heavy atom. The summed E-state index contributed by atoms with van der Waals surface area (Å²) >= 11 is 0.733. The van der Waals surface area contributed by atoms with Gasteiger partial charge in [-0.05, 0) is 12.1 Å². The van der Waals surface area contributed by atoms with E-state index >= 15 is 0 Å². The van der Waals surface area contributed by atoms with Crippen molar-refractivity contribution in [2.24, 2.45) is 0 Å². The summed E-state index contributed by atoms with van der Waals surface area (Å²) in [6, 6.07) is 7.12. The molecule has 2 N–H and O–H groups in total. The Balaban J connectivity index is 1.70. The molecular weight excluding hydrogens is 469 g/mol. The summed E-state index contributed by atoms with van der Waals surface area (Å²) in [6.45, 7) is -0.439. The number of β-lactam (4-membered cyclic amide) rings is 1. The zero-order chi connectivity index (χ0) is 23.0. The van der Waals surface area contributed by atoms with Gasteiger partial charge in [0.15, 0.2) is 18.1 Å². The maximum absolute atomic E-state index is 12.6. The first-order valence-electron chi connectivity index (χ1n) is 8.31. The molecule has 3 rings (SSSR count). The average molecular weight is 482 g/mol. The number of benzene rings is 1. The molecule has 2 heterocycles. The molecule has 2 amide bonds. The van der Waals surface area contributed by atoms with Crippen LogP contribution in [0.4, 0.5) is 13.2 Å². The van der Waals surface area contributed by atoms with Crippen molar-refractivity contribution in [3.8, 4) is 5.75 Å². The van der Waals surface area contributed by atoms with Crippen LogP contribution in [0.25, 0.3) is 0 Å². The fraction of sp³-hybridized carbons (Fsp3) is 0.312. The minimum atomic E-state index is -6.12. The number of thioether (sulfide) groups is 1. The second-order valence-corrected chi connectivity index (χ2v) is 8.76. The van der Waals surface area contributed by atoms with Gasteiger partial charge in [0.05, 0.1) is 5.75 Å². The van der Waals surface area contributed by atoms with Gasteiger partial charge in [0.25, 0.3) is 11.8 Å². The Bertz CT molecular complexity index is 1040. The fourth-order valence-corrected chi connectivity index (χ4v) is 4.54. The Morgan fingerprint density at radius 2 is 1.90 bits per heavy atom. The summed E-state index contributed by atoms with van der Waals surface area (Å²) < 4.78 is 69.3. The minimum absolute atomic E-state index is 0.398. The highest BCUT2D eigenvalue weighted by molar-refractivity contribution is 8.00. The van der Waals surface area contributed by atoms with Gasteiger partial charge in [0.2, 0.25) is 0 Å². The van der Waals surface area contributed by atoms with Crippen LogP contribution in [-0.2, 0) is 28.7 Å². The van der Waals surface area contributed by atoms with Crippen LogP contribution in [0.15, 0.2) is 41.8 Å². The van der Waals surface area contributed by atoms with Crippen LogP contribution in [0.5, 0.6) is 5.75 Å². The third kappa shape index (κ3) is 4.56. The summed E-state index contributed by atoms with van der Waals surface area (Å²) in [5.41, 5.74) is -6.81. The van der Waals surface area contributed by atoms with Crippen molar-refractivity contribution in [3.05, 3.63) is 41.8 Å². The number of nitrogens with one attached hydrogen (secondary N) is 1. The number of alkyl halides is 3. The van der Waals surface area contributed by atoms with E-state index in [-0.39, 0.29) is 0 Å². The summed E-state index contributed by atoms with van der Waals surface area (Å²) in [5, 5.41) is 10.7. The maximum Gasteiger partial charge on any atom is 0.534 e. The van der Waals surface area contributed by atoms with E-state index in [0.717, 1.165) is 11.8 Å². The molecule has 1 aromatic rings. The largest absolute Gasteiger partial charge is 0.534 e. The van der Waals surface area contributed by atoms with E-state index in [4.69, 9.17) is 4.74 Å². The highest BCUT2D eigenvalue weighted by Gasteiger charge is 2.56. The van der Waals surface area contributed by atoms with E-state index in [2.05, 4.69) is 9.50 Å². The topological polar surface area (TPSA) is 139 Å². The lowest BCUT2D eigenvalue weighted by atomic mass is 10.0. The quantitative estimate of drug-likeness (QED) is 0.325. The van der Waals surface area contributed by atoms with Gasteiger partial charge < -0.3 is 19.3 Å². The molecule has 1 fully saturated rings. The number of amides is 2. The molecule has 0 aromatic heterocycles. The van der Waals surface area contributed by atoms with E-state index < -0.39 is 68.6 Å². The molecule has 31 heavy (non-hydrogen) atoms. The smallest absolute Gasteiger partial charge is 0.484 e. The molecule has 2 atom stereocenters. The van der Waals surface area contributed by atoms with Gasteiger partial charge in [-0.2, -0.15) is 21.6 Å². The number of carboxylic acid groups (broad SMARTS) is 1. The van der Waals surface area contributed by atoms with Crippen LogP contribution in [0.2, 0.25) is 0 Å². The lowest BCUT2D eigenvalue weighted by molar-refractivity contribution is -0.151. The van der Waals surface area contributed by atoms with E-state index in [9.17, 15) is 41.1 Å². The molecule has 0 spiro atoms. The molecule has 1 saturated heterocycles. The first-order chi connectivity index (χ1) is 14.4. The van der Waals surface area contributed by atoms with E-state index in [1.807, 2.05) is 0 Å². The Kier molecular flexibility index (Phi) is 6.09. The van der Waals surface area contributed by atoms with Crippen molar-refractivity contribution in [1.29, 1.82) is 0 Å². The Labute approximate surface area is 177 Å². The lowest BCUT2D eigenvalue weighted by Crippen LogP contribution is -2.71. The van der Waals surface area contributed by atoms with Crippen molar-refractivity contribution in [2.75, 3.05) is 12.4 Å². The summed E-state index contributed by atoms with van der Waals surface area (Å²) in [5.74, 6) is -4.73. The molecular formula is C16H13F3N2O8S2. The van der Waals surface area contributed by atoms with Crippen molar-refractivity contribution in [1.82, 2.24) is 10.2 Å². The molecule has 168 valence electrons. The summed E-state index contributed by atoms with van der Waals surface area (Å²) in [4.78, 5) is 36.5. The monoisotopic (exact) mass is 482 g/mol. The van der Waals surface area contributed by atoms with Crippen molar-refractivity contribution in [3.63, 3.8) is 0 Å². The Morgan fingerprint density at radius 3 is 2.48 bits per heavy atom. The van der Waals surface area contributed by atoms with Crippen LogP contribution < -0.4 is 10.1 Å². The standard InChI is InChI=1S/C16H13F3N2O8S2/c17-16(18,19)31(26,27)29-9-7-30-14-11(13(23)21(14)12(9)15(24)25)20-10(22)6-28-8-4-2-1-3-5-8/h1-5,11,14H,6-7H2,(H,20,22)(H,24,25)/t11-,14-/m1/s1. The third-order valence-corrected chi connectivity index (χ3v) is 6.30. The second kappa shape index (κ2) is 8.30. The van der Waals surface area contributed by atoms with Crippen LogP contribution in [0.3, 0.4) is 0 Å². The highest BCUT2D eigenvalue weighted by Crippen LogP contribution is 2.42. The van der Waals surface area contributed by atoms with Crippen molar-refractivity contribution in [2.45, 2.75) is 16.9 Å². The molecule has 10 nitrogen and oxygen atoms in total. The number of halogens is 3. The van der Waals surface area contributed by atoms with Crippen molar-refractivity contribution < 1.29 is 50.0 Å². The van der Waals surface area contributed by atoms with Crippen LogP contribution in [0.1, 0.15) is 0 Å². The zero-order valence-electron chi connectivity index (χ0n) is 15.2. The number of nitrogens with zero attached hydrogens (tertiary/aromatic N) is 1. The van der Waals surface area contributed by atoms with E-state index in [0.29, 0.717) is 10.6 Å². The normalized spacial score (nSPS) is 21.1. The van der Waals surface area contributed by atoms with Gasteiger partial charge in [0, 0.05) is 0 Å². The van der Waals surface area contributed by atoms with Crippen LogP contribution in [0, 0.1) is 0 Å². The lowest BCUT2D eigenvalue weighted by Gasteiger charge is -2.48. The number of rotatable bonds is 7. The van der Waals surface area contributed by atoms with Gasteiger partial charge in [-0.1, -0.05) is 18.2 Å². The number of fused-ring (bicyclic) bond motifs is 1. The van der Waals surface area contributed by atoms with Gasteiger partial charge in [-0.15, -0.1) is 11.8 Å². The van der Waals surface area contributed by atoms with Gasteiger partial charge in [-0.25, -0.2) is 4.79 Å². The Hall–Kier alpha value is -2.94. The molecule has 0 aliphatic carbocycles. The number of carboxylic acids is 1. The number of hydrogen-bond donors (Lipinski definition) is 2. The number of carbonyl (C=O) groups excluding carboxylic acids is 2. The molecule has 0 unspecified atom stereocenters. The predicted molar refractivity (Wildman–Crippen MR) is 97.7 cm³/mol. The number of aliphatic carboxylic acids is 1. The summed E-state index contributed by atoms with van der Waals surface area (Å²) in [6.07, 6.45) is 0. The molecule has 2 aliphatic heterocycles. The number of hydrogen-bond acceptors (Lipinski definition) is 8. The number of ether oxygens (including phenoxy) is 1. The van der Waals surface area contributed by atoms with Gasteiger partial charge in [0.1, 0.15) is 17.2 Å².